The Hall–Kier alpha value is -0.280. The lowest BCUT2D eigenvalue weighted by Crippen LogP contribution is -2.48. The number of carbonyl (C=O) groups excluding carboxylic acids is 1. The first-order chi connectivity index (χ1) is 7.15. The molecule has 0 aromatic rings. The summed E-state index contributed by atoms with van der Waals surface area (Å²) in [4.78, 5) is 11.2. The molecule has 1 N–H and O–H groups in total. The number of alkyl halides is 1. The van der Waals surface area contributed by atoms with Crippen LogP contribution in [0.3, 0.4) is 0 Å². The molecule has 0 saturated carbocycles. The van der Waals surface area contributed by atoms with Gasteiger partial charge in [-0.15, -0.1) is 11.6 Å². The zero-order valence-corrected chi connectivity index (χ0v) is 10.3. The van der Waals surface area contributed by atoms with Crippen LogP contribution in [0.25, 0.3) is 0 Å². The Morgan fingerprint density at radius 2 is 2.20 bits per heavy atom. The third-order valence-electron chi connectivity index (χ3n) is 3.27. The van der Waals surface area contributed by atoms with E-state index in [0.717, 1.165) is 32.3 Å². The lowest BCUT2D eigenvalue weighted by Gasteiger charge is -2.40. The van der Waals surface area contributed by atoms with Gasteiger partial charge in [0.25, 0.3) is 0 Å². The van der Waals surface area contributed by atoms with Crippen LogP contribution in [-0.4, -0.2) is 30.0 Å². The first kappa shape index (κ1) is 12.8. The van der Waals surface area contributed by atoms with E-state index in [1.807, 2.05) is 0 Å². The summed E-state index contributed by atoms with van der Waals surface area (Å²) in [5, 5.41) is 2.94. The van der Waals surface area contributed by atoms with E-state index in [9.17, 15) is 4.79 Å². The number of nitrogens with one attached hydrogen (secondary N) is 1. The molecule has 1 rings (SSSR count). The van der Waals surface area contributed by atoms with Crippen LogP contribution in [0.2, 0.25) is 0 Å². The number of carbonyl (C=O) groups is 1. The highest BCUT2D eigenvalue weighted by atomic mass is 35.5. The van der Waals surface area contributed by atoms with Crippen molar-refractivity contribution < 1.29 is 9.53 Å². The topological polar surface area (TPSA) is 38.3 Å². The Kier molecular flexibility index (Phi) is 4.87. The molecule has 0 bridgehead atoms. The van der Waals surface area contributed by atoms with Crippen LogP contribution in [0, 0.1) is 0 Å². The molecule has 1 saturated heterocycles. The molecule has 15 heavy (non-hydrogen) atoms. The van der Waals surface area contributed by atoms with Crippen LogP contribution in [0.1, 0.15) is 39.5 Å². The summed E-state index contributed by atoms with van der Waals surface area (Å²) in [5.41, 5.74) is -0.0392. The van der Waals surface area contributed by atoms with Crippen molar-refractivity contribution >= 4 is 17.5 Å². The minimum atomic E-state index is -0.0790. The van der Waals surface area contributed by atoms with Gasteiger partial charge in [-0.25, -0.2) is 0 Å². The second kappa shape index (κ2) is 5.71. The monoisotopic (exact) mass is 233 g/mol. The van der Waals surface area contributed by atoms with E-state index in [1.54, 1.807) is 0 Å². The SMILES string of the molecule is CCC1(CC)CC(NC(=O)CCl)CCO1. The molecule has 1 aliphatic heterocycles. The van der Waals surface area contributed by atoms with Gasteiger partial charge in [0.15, 0.2) is 0 Å². The molecule has 1 heterocycles. The lowest BCUT2D eigenvalue weighted by atomic mass is 9.86. The van der Waals surface area contributed by atoms with Gasteiger partial charge in [-0.05, 0) is 25.7 Å². The van der Waals surface area contributed by atoms with E-state index in [4.69, 9.17) is 16.3 Å². The predicted octanol–water partition coefficient (Wildman–Crippen LogP) is 2.08. The first-order valence-electron chi connectivity index (χ1n) is 5.65. The smallest absolute Gasteiger partial charge is 0.235 e. The Balaban J connectivity index is 2.51. The summed E-state index contributed by atoms with van der Waals surface area (Å²) in [5.74, 6) is -0.0348. The van der Waals surface area contributed by atoms with Crippen molar-refractivity contribution in [1.82, 2.24) is 5.32 Å². The van der Waals surface area contributed by atoms with E-state index < -0.39 is 0 Å². The molecule has 3 nitrogen and oxygen atoms in total. The molecular weight excluding hydrogens is 214 g/mol. The molecule has 0 aliphatic carbocycles. The number of hydrogen-bond donors (Lipinski definition) is 1. The van der Waals surface area contributed by atoms with Crippen LogP contribution < -0.4 is 5.32 Å². The third kappa shape index (κ3) is 3.35. The molecule has 88 valence electrons. The number of ether oxygens (including phenoxy) is 1. The standard InChI is InChI=1S/C11H20ClNO2/c1-3-11(4-2)7-9(5-6-15-11)13-10(14)8-12/h9H,3-8H2,1-2H3,(H,13,14). The minimum Gasteiger partial charge on any atom is -0.375 e. The second-order valence-electron chi connectivity index (χ2n) is 4.13. The molecule has 0 aromatic heterocycles. The zero-order chi connectivity index (χ0) is 11.3. The van der Waals surface area contributed by atoms with Gasteiger partial charge in [0.05, 0.1) is 5.60 Å². The summed E-state index contributed by atoms with van der Waals surface area (Å²) >= 11 is 5.47. The highest BCUT2D eigenvalue weighted by Gasteiger charge is 2.34. The molecular formula is C11H20ClNO2. The van der Waals surface area contributed by atoms with Crippen molar-refractivity contribution in [2.24, 2.45) is 0 Å². The number of hydrogen-bond acceptors (Lipinski definition) is 2. The van der Waals surface area contributed by atoms with Crippen molar-refractivity contribution in [3.63, 3.8) is 0 Å². The van der Waals surface area contributed by atoms with Crippen molar-refractivity contribution in [1.29, 1.82) is 0 Å². The summed E-state index contributed by atoms with van der Waals surface area (Å²) in [6.45, 7) is 5.00. The Morgan fingerprint density at radius 1 is 1.53 bits per heavy atom. The summed E-state index contributed by atoms with van der Waals surface area (Å²) in [6.07, 6.45) is 3.79. The van der Waals surface area contributed by atoms with Gasteiger partial charge in [-0.3, -0.25) is 4.79 Å². The van der Waals surface area contributed by atoms with Gasteiger partial charge in [0, 0.05) is 12.6 Å². The fraction of sp³-hybridized carbons (Fsp3) is 0.909. The van der Waals surface area contributed by atoms with Crippen molar-refractivity contribution in [3.8, 4) is 0 Å². The highest BCUT2D eigenvalue weighted by Crippen LogP contribution is 2.31. The lowest BCUT2D eigenvalue weighted by molar-refractivity contribution is -0.123. The number of rotatable bonds is 4. The maximum Gasteiger partial charge on any atom is 0.235 e. The average molecular weight is 234 g/mol. The van der Waals surface area contributed by atoms with E-state index in [1.165, 1.54) is 0 Å². The van der Waals surface area contributed by atoms with Crippen LogP contribution >= 0.6 is 11.6 Å². The summed E-state index contributed by atoms with van der Waals surface area (Å²) in [7, 11) is 0. The van der Waals surface area contributed by atoms with Gasteiger partial charge in [0.1, 0.15) is 5.88 Å². The van der Waals surface area contributed by atoms with Crippen LogP contribution in [-0.2, 0) is 9.53 Å². The van der Waals surface area contributed by atoms with Crippen molar-refractivity contribution in [3.05, 3.63) is 0 Å². The van der Waals surface area contributed by atoms with Crippen LogP contribution in [0.4, 0.5) is 0 Å². The molecule has 1 atom stereocenters. The Morgan fingerprint density at radius 3 is 2.73 bits per heavy atom. The highest BCUT2D eigenvalue weighted by molar-refractivity contribution is 6.27. The molecule has 1 amide bonds. The minimum absolute atomic E-state index is 0.0392. The number of halogens is 1. The Labute approximate surface area is 96.5 Å². The third-order valence-corrected chi connectivity index (χ3v) is 3.51. The maximum atomic E-state index is 11.2. The summed E-state index contributed by atoms with van der Waals surface area (Å²) < 4.78 is 5.83. The van der Waals surface area contributed by atoms with E-state index >= 15 is 0 Å². The van der Waals surface area contributed by atoms with Gasteiger partial charge in [-0.1, -0.05) is 13.8 Å². The molecule has 0 radical (unpaired) electrons. The van der Waals surface area contributed by atoms with Crippen molar-refractivity contribution in [2.45, 2.75) is 51.2 Å². The zero-order valence-electron chi connectivity index (χ0n) is 9.51. The van der Waals surface area contributed by atoms with Crippen LogP contribution in [0.15, 0.2) is 0 Å². The fourth-order valence-electron chi connectivity index (χ4n) is 2.16. The fourth-order valence-corrected chi connectivity index (χ4v) is 2.24. The van der Waals surface area contributed by atoms with E-state index in [-0.39, 0.29) is 23.4 Å². The molecule has 0 aromatic carbocycles. The molecule has 1 fully saturated rings. The maximum absolute atomic E-state index is 11.2. The predicted molar refractivity (Wildman–Crippen MR) is 61.1 cm³/mol. The van der Waals surface area contributed by atoms with Gasteiger partial charge >= 0.3 is 0 Å². The Bertz CT molecular complexity index is 217. The van der Waals surface area contributed by atoms with Gasteiger partial charge < -0.3 is 10.1 Å². The van der Waals surface area contributed by atoms with Crippen molar-refractivity contribution in [2.75, 3.05) is 12.5 Å². The second-order valence-corrected chi connectivity index (χ2v) is 4.40. The average Bonchev–Trinajstić information content (AvgIpc) is 2.29. The van der Waals surface area contributed by atoms with Crippen LogP contribution in [0.5, 0.6) is 0 Å². The first-order valence-corrected chi connectivity index (χ1v) is 6.18. The summed E-state index contributed by atoms with van der Waals surface area (Å²) in [6, 6.07) is 0.227. The van der Waals surface area contributed by atoms with E-state index in [2.05, 4.69) is 19.2 Å². The molecule has 1 unspecified atom stereocenters. The normalized spacial score (nSPS) is 24.9. The molecule has 1 aliphatic rings. The van der Waals surface area contributed by atoms with E-state index in [0.29, 0.717) is 0 Å². The number of amides is 1. The van der Waals surface area contributed by atoms with Gasteiger partial charge in [-0.2, -0.15) is 0 Å². The largest absolute Gasteiger partial charge is 0.375 e. The quantitative estimate of drug-likeness (QED) is 0.756. The van der Waals surface area contributed by atoms with Gasteiger partial charge in [0.2, 0.25) is 5.91 Å². The molecule has 0 spiro atoms. The molecule has 4 heteroatoms.